The van der Waals surface area contributed by atoms with E-state index >= 15 is 0 Å². The summed E-state index contributed by atoms with van der Waals surface area (Å²) < 4.78 is 12.4. The summed E-state index contributed by atoms with van der Waals surface area (Å²) in [5, 5.41) is 12.6. The summed E-state index contributed by atoms with van der Waals surface area (Å²) in [7, 11) is 0. The Hall–Kier alpha value is -1.88. The molecule has 2 N–H and O–H groups in total. The molecule has 2 aromatic rings. The second-order valence-corrected chi connectivity index (χ2v) is 5.93. The Bertz CT molecular complexity index is 629. The van der Waals surface area contributed by atoms with Crippen molar-refractivity contribution in [3.8, 4) is 17.2 Å². The highest BCUT2D eigenvalue weighted by Gasteiger charge is 2.11. The van der Waals surface area contributed by atoms with E-state index in [1.54, 1.807) is 12.1 Å². The van der Waals surface area contributed by atoms with Crippen LogP contribution in [0.15, 0.2) is 40.9 Å². The molecule has 0 bridgehead atoms. The largest absolute Gasteiger partial charge is 0.508 e. The Balaban J connectivity index is 2.14. The number of hydrogen-bond donors (Lipinski definition) is 2. The summed E-state index contributed by atoms with van der Waals surface area (Å²) in [5.74, 6) is 1.77. The molecule has 23 heavy (non-hydrogen) atoms. The molecule has 0 spiro atoms. The summed E-state index contributed by atoms with van der Waals surface area (Å²) in [4.78, 5) is 0. The predicted molar refractivity (Wildman–Crippen MR) is 96.5 cm³/mol. The normalized spacial score (nSPS) is 10.4. The first-order chi connectivity index (χ1) is 11.1. The molecular formula is C18H22BrNO3. The molecule has 0 heterocycles. The van der Waals surface area contributed by atoms with Gasteiger partial charge in [0.05, 0.1) is 13.2 Å². The molecule has 0 radical (unpaired) electrons. The van der Waals surface area contributed by atoms with E-state index in [0.717, 1.165) is 33.6 Å². The molecule has 0 aliphatic rings. The lowest BCUT2D eigenvalue weighted by Crippen LogP contribution is -2.04. The molecule has 0 fully saturated rings. The van der Waals surface area contributed by atoms with E-state index in [1.165, 1.54) is 0 Å². The van der Waals surface area contributed by atoms with Crippen molar-refractivity contribution in [1.29, 1.82) is 0 Å². The van der Waals surface area contributed by atoms with Gasteiger partial charge in [0.15, 0.2) is 11.5 Å². The number of aromatic hydroxyl groups is 1. The fourth-order valence-corrected chi connectivity index (χ4v) is 2.54. The molecule has 0 saturated carbocycles. The zero-order chi connectivity index (χ0) is 16.7. The van der Waals surface area contributed by atoms with Crippen LogP contribution in [0.3, 0.4) is 0 Å². The Morgan fingerprint density at radius 1 is 1.04 bits per heavy atom. The minimum absolute atomic E-state index is 0.257. The number of anilines is 1. The van der Waals surface area contributed by atoms with E-state index in [4.69, 9.17) is 9.47 Å². The van der Waals surface area contributed by atoms with Gasteiger partial charge in [-0.25, -0.2) is 0 Å². The molecule has 2 rings (SSSR count). The fraction of sp³-hybridized carbons (Fsp3) is 0.333. The van der Waals surface area contributed by atoms with Gasteiger partial charge >= 0.3 is 0 Å². The van der Waals surface area contributed by atoms with Crippen molar-refractivity contribution >= 4 is 21.6 Å². The number of phenolic OH excluding ortho intramolecular Hbond substituents is 1. The maximum absolute atomic E-state index is 9.32. The Kier molecular flexibility index (Phi) is 6.59. The van der Waals surface area contributed by atoms with Crippen LogP contribution in [0, 0.1) is 0 Å². The van der Waals surface area contributed by atoms with Crippen molar-refractivity contribution in [3.63, 3.8) is 0 Å². The zero-order valence-corrected chi connectivity index (χ0v) is 15.0. The van der Waals surface area contributed by atoms with Gasteiger partial charge in [-0.05, 0) is 55.3 Å². The minimum atomic E-state index is 0.257. The second kappa shape index (κ2) is 8.67. The third-order valence-corrected chi connectivity index (χ3v) is 3.96. The van der Waals surface area contributed by atoms with E-state index in [-0.39, 0.29) is 5.75 Å². The topological polar surface area (TPSA) is 50.7 Å². The number of hydrogen-bond acceptors (Lipinski definition) is 4. The van der Waals surface area contributed by atoms with Gasteiger partial charge in [-0.2, -0.15) is 0 Å². The van der Waals surface area contributed by atoms with Gasteiger partial charge in [0.2, 0.25) is 0 Å². The van der Waals surface area contributed by atoms with Crippen LogP contribution in [-0.4, -0.2) is 18.3 Å². The fourth-order valence-electron chi connectivity index (χ4n) is 2.08. The van der Waals surface area contributed by atoms with Crippen LogP contribution in [0.1, 0.15) is 25.8 Å². The highest BCUT2D eigenvalue weighted by molar-refractivity contribution is 9.10. The number of phenols is 1. The average Bonchev–Trinajstić information content (AvgIpc) is 2.55. The van der Waals surface area contributed by atoms with Gasteiger partial charge in [-0.1, -0.05) is 22.9 Å². The van der Waals surface area contributed by atoms with Crippen LogP contribution in [0.2, 0.25) is 0 Å². The molecule has 5 heteroatoms. The van der Waals surface area contributed by atoms with Crippen molar-refractivity contribution in [1.82, 2.24) is 0 Å². The van der Waals surface area contributed by atoms with Crippen molar-refractivity contribution < 1.29 is 14.6 Å². The standard InChI is InChI=1S/C18H22BrNO3/c1-3-9-23-18-11-16(19)13(10-17(18)22-4-2)12-20-14-5-7-15(21)8-6-14/h5-8,10-11,20-21H,3-4,9,12H2,1-2H3. The van der Waals surface area contributed by atoms with E-state index < -0.39 is 0 Å². The van der Waals surface area contributed by atoms with Crippen LogP contribution in [0.25, 0.3) is 0 Å². The van der Waals surface area contributed by atoms with E-state index in [2.05, 4.69) is 28.2 Å². The summed E-state index contributed by atoms with van der Waals surface area (Å²) >= 11 is 3.59. The third kappa shape index (κ3) is 5.06. The SMILES string of the molecule is CCCOc1cc(Br)c(CNc2ccc(O)cc2)cc1OCC. The lowest BCUT2D eigenvalue weighted by atomic mass is 10.2. The minimum Gasteiger partial charge on any atom is -0.508 e. The van der Waals surface area contributed by atoms with E-state index in [0.29, 0.717) is 19.8 Å². The monoisotopic (exact) mass is 379 g/mol. The number of benzene rings is 2. The summed E-state index contributed by atoms with van der Waals surface area (Å²) in [6, 6.07) is 10.9. The predicted octanol–water partition coefficient (Wildman–Crippen LogP) is 4.95. The van der Waals surface area contributed by atoms with Crippen molar-refractivity contribution in [2.75, 3.05) is 18.5 Å². The van der Waals surface area contributed by atoms with Crippen LogP contribution < -0.4 is 14.8 Å². The number of halogens is 1. The van der Waals surface area contributed by atoms with Gasteiger partial charge in [0, 0.05) is 16.7 Å². The average molecular weight is 380 g/mol. The first kappa shape index (κ1) is 17.5. The van der Waals surface area contributed by atoms with Gasteiger partial charge < -0.3 is 19.9 Å². The van der Waals surface area contributed by atoms with Crippen LogP contribution in [0.5, 0.6) is 17.2 Å². The lowest BCUT2D eigenvalue weighted by Gasteiger charge is -2.15. The van der Waals surface area contributed by atoms with E-state index in [1.807, 2.05) is 31.2 Å². The quantitative estimate of drug-likeness (QED) is 0.636. The van der Waals surface area contributed by atoms with Gasteiger partial charge in [-0.3, -0.25) is 0 Å². The summed E-state index contributed by atoms with van der Waals surface area (Å²) in [6.45, 7) is 5.93. The Morgan fingerprint density at radius 2 is 1.74 bits per heavy atom. The third-order valence-electron chi connectivity index (χ3n) is 3.22. The summed E-state index contributed by atoms with van der Waals surface area (Å²) in [5.41, 5.74) is 2.02. The maximum atomic E-state index is 9.32. The molecule has 0 saturated heterocycles. The molecule has 124 valence electrons. The number of ether oxygens (including phenoxy) is 2. The van der Waals surface area contributed by atoms with E-state index in [9.17, 15) is 5.11 Å². The van der Waals surface area contributed by atoms with Crippen LogP contribution in [-0.2, 0) is 6.54 Å². The van der Waals surface area contributed by atoms with Gasteiger partial charge in [0.25, 0.3) is 0 Å². The molecular weight excluding hydrogens is 358 g/mol. The van der Waals surface area contributed by atoms with Crippen molar-refractivity contribution in [2.45, 2.75) is 26.8 Å². The molecule has 0 aliphatic carbocycles. The highest BCUT2D eigenvalue weighted by Crippen LogP contribution is 2.34. The first-order valence-electron chi connectivity index (χ1n) is 7.75. The smallest absolute Gasteiger partial charge is 0.162 e. The molecule has 4 nitrogen and oxygen atoms in total. The lowest BCUT2D eigenvalue weighted by molar-refractivity contribution is 0.276. The number of nitrogens with one attached hydrogen (secondary N) is 1. The highest BCUT2D eigenvalue weighted by atomic mass is 79.9. The van der Waals surface area contributed by atoms with Gasteiger partial charge in [0.1, 0.15) is 5.75 Å². The van der Waals surface area contributed by atoms with Crippen LogP contribution in [0.4, 0.5) is 5.69 Å². The second-order valence-electron chi connectivity index (χ2n) is 5.07. The molecule has 0 aromatic heterocycles. The molecule has 0 unspecified atom stereocenters. The Morgan fingerprint density at radius 3 is 2.39 bits per heavy atom. The van der Waals surface area contributed by atoms with Crippen molar-refractivity contribution in [3.05, 3.63) is 46.4 Å². The maximum Gasteiger partial charge on any atom is 0.162 e. The Labute approximate surface area is 145 Å². The van der Waals surface area contributed by atoms with Crippen molar-refractivity contribution in [2.24, 2.45) is 0 Å². The first-order valence-corrected chi connectivity index (χ1v) is 8.54. The number of rotatable bonds is 8. The molecule has 0 atom stereocenters. The van der Waals surface area contributed by atoms with Crippen LogP contribution >= 0.6 is 15.9 Å². The summed E-state index contributed by atoms with van der Waals surface area (Å²) in [6.07, 6.45) is 0.952. The molecule has 0 amide bonds. The molecule has 0 aliphatic heterocycles. The van der Waals surface area contributed by atoms with Gasteiger partial charge in [-0.15, -0.1) is 0 Å². The molecule has 2 aromatic carbocycles. The zero-order valence-electron chi connectivity index (χ0n) is 13.4.